The summed E-state index contributed by atoms with van der Waals surface area (Å²) in [5.41, 5.74) is 0. The highest BCUT2D eigenvalue weighted by atomic mass is 35.5. The van der Waals surface area contributed by atoms with E-state index in [1.165, 1.54) is 0 Å². The first kappa shape index (κ1) is 23.6. The van der Waals surface area contributed by atoms with E-state index >= 15 is 0 Å². The molecule has 1 N–H and O–H groups in total. The Kier molecular flexibility index (Phi) is 9.21. The summed E-state index contributed by atoms with van der Waals surface area (Å²) >= 11 is 6.76. The third-order valence-corrected chi connectivity index (χ3v) is 8.93. The molecule has 1 heterocycles. The molecule has 11 heteroatoms. The van der Waals surface area contributed by atoms with Crippen LogP contribution >= 0.6 is 30.5 Å². The van der Waals surface area contributed by atoms with Crippen LogP contribution in [0, 0.1) is 0 Å². The molecule has 0 saturated heterocycles. The van der Waals surface area contributed by atoms with Crippen LogP contribution in [0.25, 0.3) is 10.1 Å². The van der Waals surface area contributed by atoms with Crippen molar-refractivity contribution in [3.8, 4) is 5.75 Å². The first-order valence-electron chi connectivity index (χ1n) is 8.93. The molecule has 0 saturated carbocycles. The van der Waals surface area contributed by atoms with Crippen LogP contribution in [0.15, 0.2) is 28.5 Å². The van der Waals surface area contributed by atoms with Crippen molar-refractivity contribution in [1.82, 2.24) is 4.72 Å². The number of hydrogen-bond acceptors (Lipinski definition) is 7. The number of rotatable bonds is 13. The fourth-order valence-corrected chi connectivity index (χ4v) is 7.03. The fourth-order valence-electron chi connectivity index (χ4n) is 2.35. The van der Waals surface area contributed by atoms with Crippen molar-refractivity contribution in [3.05, 3.63) is 24.3 Å². The molecule has 0 unspecified atom stereocenters. The van der Waals surface area contributed by atoms with Crippen LogP contribution in [0.2, 0.25) is 0 Å². The van der Waals surface area contributed by atoms with Gasteiger partial charge in [-0.05, 0) is 56.3 Å². The minimum absolute atomic E-state index is 0.126. The maximum Gasteiger partial charge on any atom is 0.345 e. The second-order valence-corrected chi connectivity index (χ2v) is 11.3. The van der Waals surface area contributed by atoms with Crippen molar-refractivity contribution >= 4 is 50.6 Å². The monoisotopic (exact) mass is 469 g/mol. The number of unbranched alkanes of at least 4 members (excludes halogenated alkanes) is 1. The summed E-state index contributed by atoms with van der Waals surface area (Å²) in [7, 11) is -7.36. The molecule has 0 bridgehead atoms. The van der Waals surface area contributed by atoms with Crippen molar-refractivity contribution in [2.24, 2.45) is 0 Å². The summed E-state index contributed by atoms with van der Waals surface area (Å²) in [4.78, 5) is 0. The normalized spacial score (nSPS) is 12.5. The molecule has 0 aliphatic heterocycles. The largest absolute Gasteiger partial charge is 0.494 e. The first-order chi connectivity index (χ1) is 13.3. The number of hydrogen-bond donors (Lipinski definition) is 1. The van der Waals surface area contributed by atoms with Crippen molar-refractivity contribution in [3.63, 3.8) is 0 Å². The van der Waals surface area contributed by atoms with Crippen molar-refractivity contribution in [2.45, 2.75) is 30.9 Å². The third kappa shape index (κ3) is 6.69. The maximum absolute atomic E-state index is 12.6. The summed E-state index contributed by atoms with van der Waals surface area (Å²) < 4.78 is 56.8. The van der Waals surface area contributed by atoms with Gasteiger partial charge in [-0.1, -0.05) is 0 Å². The SMILES string of the molecule is CCOP(=O)(CNS(=O)(=O)c1cc2ccc(OCCCCCl)cc2s1)OCC. The number of thiophene rings is 1. The lowest BCUT2D eigenvalue weighted by atomic mass is 10.2. The number of alkyl halides is 1. The molecule has 0 fully saturated rings. The van der Waals surface area contributed by atoms with E-state index in [-0.39, 0.29) is 17.4 Å². The van der Waals surface area contributed by atoms with Gasteiger partial charge in [0.2, 0.25) is 0 Å². The Morgan fingerprint density at radius 1 is 1.14 bits per heavy atom. The maximum atomic E-state index is 12.6. The number of nitrogens with one attached hydrogen (secondary N) is 1. The summed E-state index contributed by atoms with van der Waals surface area (Å²) in [5, 5.41) is 0.788. The van der Waals surface area contributed by atoms with Crippen LogP contribution in [0.3, 0.4) is 0 Å². The molecule has 2 rings (SSSR count). The van der Waals surface area contributed by atoms with Gasteiger partial charge in [-0.15, -0.1) is 22.9 Å². The van der Waals surface area contributed by atoms with Gasteiger partial charge in [0, 0.05) is 10.6 Å². The molecule has 158 valence electrons. The Hall–Kier alpha value is -0.670. The van der Waals surface area contributed by atoms with E-state index in [4.69, 9.17) is 25.4 Å². The van der Waals surface area contributed by atoms with Crippen LogP contribution in [-0.2, 0) is 23.6 Å². The average Bonchev–Trinajstić information content (AvgIpc) is 3.09. The molecule has 7 nitrogen and oxygen atoms in total. The lowest BCUT2D eigenvalue weighted by Crippen LogP contribution is -2.25. The van der Waals surface area contributed by atoms with Gasteiger partial charge in [0.1, 0.15) is 16.2 Å². The third-order valence-electron chi connectivity index (χ3n) is 3.63. The second kappa shape index (κ2) is 10.9. The van der Waals surface area contributed by atoms with Gasteiger partial charge >= 0.3 is 7.60 Å². The zero-order valence-electron chi connectivity index (χ0n) is 15.9. The van der Waals surface area contributed by atoms with Crippen LogP contribution in [-0.4, -0.2) is 40.4 Å². The molecular formula is C17H25ClNO6PS2. The van der Waals surface area contributed by atoms with Crippen LogP contribution in [0.4, 0.5) is 0 Å². The highest BCUT2D eigenvalue weighted by Crippen LogP contribution is 2.47. The van der Waals surface area contributed by atoms with E-state index in [2.05, 4.69) is 4.72 Å². The van der Waals surface area contributed by atoms with Gasteiger partial charge in [0.05, 0.1) is 19.8 Å². The average molecular weight is 470 g/mol. The zero-order valence-corrected chi connectivity index (χ0v) is 19.1. The Labute approximate surface area is 174 Å². The molecule has 1 aromatic heterocycles. The second-order valence-electron chi connectivity index (χ2n) is 5.76. The van der Waals surface area contributed by atoms with Crippen molar-refractivity contribution in [1.29, 1.82) is 0 Å². The van der Waals surface area contributed by atoms with E-state index in [9.17, 15) is 13.0 Å². The molecule has 0 atom stereocenters. The first-order valence-corrected chi connectivity index (χ1v) is 13.5. The summed E-state index contributed by atoms with van der Waals surface area (Å²) in [6, 6.07) is 7.00. The van der Waals surface area contributed by atoms with E-state index in [1.807, 2.05) is 12.1 Å². The predicted molar refractivity (Wildman–Crippen MR) is 113 cm³/mol. The van der Waals surface area contributed by atoms with Crippen molar-refractivity contribution in [2.75, 3.05) is 32.0 Å². The van der Waals surface area contributed by atoms with E-state index in [0.29, 0.717) is 18.2 Å². The number of fused-ring (bicyclic) bond motifs is 1. The molecule has 0 spiro atoms. The summed E-state index contributed by atoms with van der Waals surface area (Å²) in [6.45, 7) is 4.22. The molecule has 0 radical (unpaired) electrons. The quantitative estimate of drug-likeness (QED) is 0.257. The highest BCUT2D eigenvalue weighted by molar-refractivity contribution is 7.92. The van der Waals surface area contributed by atoms with Gasteiger partial charge in [-0.25, -0.2) is 8.42 Å². The Morgan fingerprint density at radius 2 is 1.86 bits per heavy atom. The lowest BCUT2D eigenvalue weighted by molar-refractivity contribution is 0.219. The summed E-state index contributed by atoms with van der Waals surface area (Å²) in [6.07, 6.45) is 1.32. The Bertz CT molecular complexity index is 908. The molecule has 1 aromatic carbocycles. The predicted octanol–water partition coefficient (Wildman–Crippen LogP) is 4.80. The lowest BCUT2D eigenvalue weighted by Gasteiger charge is -2.17. The van der Waals surface area contributed by atoms with E-state index in [1.54, 1.807) is 26.0 Å². The van der Waals surface area contributed by atoms with Crippen LogP contribution in [0.1, 0.15) is 26.7 Å². The van der Waals surface area contributed by atoms with Gasteiger partial charge in [0.15, 0.2) is 0 Å². The molecule has 0 aliphatic carbocycles. The van der Waals surface area contributed by atoms with Gasteiger partial charge in [0.25, 0.3) is 10.0 Å². The number of sulfonamides is 1. The fraction of sp³-hybridized carbons (Fsp3) is 0.529. The van der Waals surface area contributed by atoms with Gasteiger partial charge in [-0.2, -0.15) is 4.72 Å². The van der Waals surface area contributed by atoms with Crippen molar-refractivity contribution < 1.29 is 26.8 Å². The zero-order chi connectivity index (χ0) is 20.6. The van der Waals surface area contributed by atoms with Gasteiger partial charge < -0.3 is 13.8 Å². The molecule has 0 amide bonds. The number of halogens is 1. The number of ether oxygens (including phenoxy) is 1. The topological polar surface area (TPSA) is 90.9 Å². The minimum atomic E-state index is -3.85. The Balaban J connectivity index is 2.11. The van der Waals surface area contributed by atoms with E-state index < -0.39 is 23.9 Å². The number of benzene rings is 1. The minimum Gasteiger partial charge on any atom is -0.494 e. The standard InChI is InChI=1S/C17H25ClNO6PS2/c1-3-24-26(20,25-4-2)13-19-28(21,22)17-11-14-7-8-15(12-16(14)27-17)23-10-6-5-9-18/h7-8,11-12,19H,3-6,9-10,13H2,1-2H3. The highest BCUT2D eigenvalue weighted by Gasteiger charge is 2.27. The smallest absolute Gasteiger partial charge is 0.345 e. The summed E-state index contributed by atoms with van der Waals surface area (Å²) in [5.74, 6) is 1.28. The molecular weight excluding hydrogens is 445 g/mol. The molecule has 2 aromatic rings. The van der Waals surface area contributed by atoms with Crippen LogP contribution < -0.4 is 9.46 Å². The van der Waals surface area contributed by atoms with Crippen LogP contribution in [0.5, 0.6) is 5.75 Å². The van der Waals surface area contributed by atoms with Gasteiger partial charge in [-0.3, -0.25) is 4.57 Å². The van der Waals surface area contributed by atoms with E-state index in [0.717, 1.165) is 34.3 Å². The molecule has 28 heavy (non-hydrogen) atoms. The Morgan fingerprint density at radius 3 is 2.50 bits per heavy atom. The molecule has 0 aliphatic rings.